The van der Waals surface area contributed by atoms with Crippen molar-refractivity contribution in [2.45, 2.75) is 20.8 Å². The largest absolute Gasteiger partial charge is 0.323 e. The van der Waals surface area contributed by atoms with Crippen LogP contribution < -0.4 is 10.6 Å². The standard InChI is InChI=1S/C16H16Cl2N2O/c1-9-13(17)10(2)15(11(3)14(9)18)20-16(21)19-12-7-5-4-6-8-12/h4-8H,1-3H3,(H2,19,20,21). The second kappa shape index (κ2) is 6.37. The fourth-order valence-corrected chi connectivity index (χ4v) is 2.57. The third-order valence-electron chi connectivity index (χ3n) is 3.34. The molecule has 110 valence electrons. The molecule has 2 N–H and O–H groups in total. The minimum absolute atomic E-state index is 0.330. The number of urea groups is 1. The molecule has 21 heavy (non-hydrogen) atoms. The maximum Gasteiger partial charge on any atom is 0.323 e. The molecular formula is C16H16Cl2N2O. The van der Waals surface area contributed by atoms with Crippen LogP contribution in [0.15, 0.2) is 30.3 Å². The van der Waals surface area contributed by atoms with Crippen LogP contribution in [-0.4, -0.2) is 6.03 Å². The first-order chi connectivity index (χ1) is 9.91. The van der Waals surface area contributed by atoms with Crippen molar-refractivity contribution in [3.05, 3.63) is 57.1 Å². The third kappa shape index (κ3) is 3.31. The van der Waals surface area contributed by atoms with Crippen molar-refractivity contribution < 1.29 is 4.79 Å². The lowest BCUT2D eigenvalue weighted by molar-refractivity contribution is 0.262. The Bertz CT molecular complexity index is 655. The van der Waals surface area contributed by atoms with Crippen LogP contribution in [0.25, 0.3) is 0 Å². The van der Waals surface area contributed by atoms with Crippen molar-refractivity contribution in [2.24, 2.45) is 0 Å². The Hall–Kier alpha value is -1.71. The molecule has 2 amide bonds. The van der Waals surface area contributed by atoms with Gasteiger partial charge in [-0.15, -0.1) is 0 Å². The summed E-state index contributed by atoms with van der Waals surface area (Å²) in [6.45, 7) is 5.58. The van der Waals surface area contributed by atoms with Crippen molar-refractivity contribution in [3.63, 3.8) is 0 Å². The molecule has 0 aliphatic carbocycles. The topological polar surface area (TPSA) is 41.1 Å². The van der Waals surface area contributed by atoms with E-state index in [-0.39, 0.29) is 6.03 Å². The van der Waals surface area contributed by atoms with Crippen LogP contribution in [0.3, 0.4) is 0 Å². The van der Waals surface area contributed by atoms with Gasteiger partial charge in [-0.3, -0.25) is 0 Å². The predicted octanol–water partition coefficient (Wildman–Crippen LogP) is 5.56. The van der Waals surface area contributed by atoms with Crippen molar-refractivity contribution >= 4 is 40.6 Å². The summed E-state index contributed by atoms with van der Waals surface area (Å²) >= 11 is 12.5. The van der Waals surface area contributed by atoms with Gasteiger partial charge in [0.1, 0.15) is 0 Å². The van der Waals surface area contributed by atoms with E-state index in [1.165, 1.54) is 0 Å². The molecule has 0 saturated heterocycles. The molecule has 0 heterocycles. The Labute approximate surface area is 134 Å². The summed E-state index contributed by atoms with van der Waals surface area (Å²) in [5.41, 5.74) is 3.79. The first-order valence-electron chi connectivity index (χ1n) is 6.49. The molecule has 5 heteroatoms. The Kier molecular flexibility index (Phi) is 4.76. The van der Waals surface area contributed by atoms with Crippen molar-refractivity contribution in [3.8, 4) is 0 Å². The zero-order valence-corrected chi connectivity index (χ0v) is 13.6. The van der Waals surface area contributed by atoms with E-state index in [1.807, 2.05) is 51.1 Å². The van der Waals surface area contributed by atoms with Gasteiger partial charge in [0.2, 0.25) is 0 Å². The van der Waals surface area contributed by atoms with Crippen LogP contribution >= 0.6 is 23.2 Å². The number of rotatable bonds is 2. The van der Waals surface area contributed by atoms with E-state index >= 15 is 0 Å². The highest BCUT2D eigenvalue weighted by atomic mass is 35.5. The van der Waals surface area contributed by atoms with Crippen molar-refractivity contribution in [1.29, 1.82) is 0 Å². The van der Waals surface area contributed by atoms with Gasteiger partial charge < -0.3 is 10.6 Å². The molecule has 2 rings (SSSR count). The number of para-hydroxylation sites is 1. The summed E-state index contributed by atoms with van der Waals surface area (Å²) in [4.78, 5) is 12.1. The van der Waals surface area contributed by atoms with Gasteiger partial charge in [-0.05, 0) is 49.6 Å². The van der Waals surface area contributed by atoms with E-state index < -0.39 is 0 Å². The van der Waals surface area contributed by atoms with Crippen LogP contribution in [0.2, 0.25) is 10.0 Å². The number of carbonyl (C=O) groups excluding carboxylic acids is 1. The van der Waals surface area contributed by atoms with Gasteiger partial charge in [0.15, 0.2) is 0 Å². The van der Waals surface area contributed by atoms with E-state index in [4.69, 9.17) is 23.2 Å². The first kappa shape index (κ1) is 15.7. The quantitative estimate of drug-likeness (QED) is 0.746. The lowest BCUT2D eigenvalue weighted by Gasteiger charge is -2.17. The average Bonchev–Trinajstić information content (AvgIpc) is 2.48. The van der Waals surface area contributed by atoms with Crippen LogP contribution in [0, 0.1) is 20.8 Å². The monoisotopic (exact) mass is 322 g/mol. The highest BCUT2D eigenvalue weighted by Crippen LogP contribution is 2.37. The predicted molar refractivity (Wildman–Crippen MR) is 89.8 cm³/mol. The number of amides is 2. The number of benzene rings is 2. The smallest absolute Gasteiger partial charge is 0.308 e. The van der Waals surface area contributed by atoms with E-state index in [1.54, 1.807) is 0 Å². The second-order valence-corrected chi connectivity index (χ2v) is 5.58. The van der Waals surface area contributed by atoms with Gasteiger partial charge >= 0.3 is 6.03 Å². The summed E-state index contributed by atoms with van der Waals surface area (Å²) in [6.07, 6.45) is 0. The molecule has 0 atom stereocenters. The van der Waals surface area contributed by atoms with E-state index in [0.717, 1.165) is 22.4 Å². The second-order valence-electron chi connectivity index (χ2n) is 4.82. The molecule has 2 aromatic carbocycles. The van der Waals surface area contributed by atoms with Crippen molar-refractivity contribution in [1.82, 2.24) is 0 Å². The Morgan fingerprint density at radius 3 is 1.90 bits per heavy atom. The van der Waals surface area contributed by atoms with Gasteiger partial charge in [0.05, 0.1) is 5.69 Å². The molecular weight excluding hydrogens is 307 g/mol. The van der Waals surface area contributed by atoms with Gasteiger partial charge in [-0.2, -0.15) is 0 Å². The number of hydrogen-bond acceptors (Lipinski definition) is 1. The molecule has 0 aromatic heterocycles. The van der Waals surface area contributed by atoms with Gasteiger partial charge in [-0.1, -0.05) is 41.4 Å². The maximum absolute atomic E-state index is 12.1. The minimum atomic E-state index is -0.330. The first-order valence-corrected chi connectivity index (χ1v) is 7.25. The van der Waals surface area contributed by atoms with Gasteiger partial charge in [0.25, 0.3) is 0 Å². The average molecular weight is 323 g/mol. The Morgan fingerprint density at radius 1 is 0.857 bits per heavy atom. The number of hydrogen-bond donors (Lipinski definition) is 2. The number of carbonyl (C=O) groups is 1. The zero-order chi connectivity index (χ0) is 15.6. The summed E-state index contributed by atoms with van der Waals surface area (Å²) in [6, 6.07) is 8.89. The summed E-state index contributed by atoms with van der Waals surface area (Å²) < 4.78 is 0. The molecule has 0 saturated carbocycles. The summed E-state index contributed by atoms with van der Waals surface area (Å²) in [5.74, 6) is 0. The van der Waals surface area contributed by atoms with E-state index in [2.05, 4.69) is 10.6 Å². The van der Waals surface area contributed by atoms with Gasteiger partial charge in [-0.25, -0.2) is 4.79 Å². The minimum Gasteiger partial charge on any atom is -0.308 e. The zero-order valence-electron chi connectivity index (χ0n) is 12.1. The molecule has 0 aliphatic rings. The number of nitrogens with one attached hydrogen (secondary N) is 2. The normalized spacial score (nSPS) is 10.3. The lowest BCUT2D eigenvalue weighted by atomic mass is 10.0. The Balaban J connectivity index is 2.26. The molecule has 0 bridgehead atoms. The highest BCUT2D eigenvalue weighted by Gasteiger charge is 2.16. The highest BCUT2D eigenvalue weighted by molar-refractivity contribution is 6.37. The Morgan fingerprint density at radius 2 is 1.38 bits per heavy atom. The van der Waals surface area contributed by atoms with Crippen LogP contribution in [0.1, 0.15) is 16.7 Å². The SMILES string of the molecule is Cc1c(Cl)c(C)c(NC(=O)Nc2ccccc2)c(C)c1Cl. The molecule has 0 aliphatic heterocycles. The molecule has 0 fully saturated rings. The lowest BCUT2D eigenvalue weighted by Crippen LogP contribution is -2.20. The fraction of sp³-hybridized carbons (Fsp3) is 0.188. The summed E-state index contributed by atoms with van der Waals surface area (Å²) in [7, 11) is 0. The van der Waals surface area contributed by atoms with E-state index in [0.29, 0.717) is 15.7 Å². The molecule has 0 spiro atoms. The van der Waals surface area contributed by atoms with Crippen LogP contribution in [0.5, 0.6) is 0 Å². The molecule has 3 nitrogen and oxygen atoms in total. The van der Waals surface area contributed by atoms with Gasteiger partial charge in [0, 0.05) is 15.7 Å². The molecule has 0 radical (unpaired) electrons. The summed E-state index contributed by atoms with van der Waals surface area (Å²) in [5, 5.41) is 6.72. The van der Waals surface area contributed by atoms with Crippen LogP contribution in [-0.2, 0) is 0 Å². The molecule has 2 aromatic rings. The van der Waals surface area contributed by atoms with Crippen molar-refractivity contribution in [2.75, 3.05) is 10.6 Å². The fourth-order valence-electron chi connectivity index (χ4n) is 2.14. The maximum atomic E-state index is 12.1. The number of halogens is 2. The number of anilines is 2. The third-order valence-corrected chi connectivity index (χ3v) is 4.47. The van der Waals surface area contributed by atoms with E-state index in [9.17, 15) is 4.79 Å². The molecule has 0 unspecified atom stereocenters. The van der Waals surface area contributed by atoms with Crippen LogP contribution in [0.4, 0.5) is 16.2 Å².